The molecule has 21 heavy (non-hydrogen) atoms. The Morgan fingerprint density at radius 3 is 2.43 bits per heavy atom. The molecule has 0 aliphatic rings. The molecular weight excluding hydrogens is 272 g/mol. The molecule has 0 spiro atoms. The van der Waals surface area contributed by atoms with Gasteiger partial charge in [0.1, 0.15) is 0 Å². The Kier molecular flexibility index (Phi) is 5.04. The average molecular weight is 291 g/mol. The van der Waals surface area contributed by atoms with Crippen LogP contribution in [0.25, 0.3) is 0 Å². The summed E-state index contributed by atoms with van der Waals surface area (Å²) in [5, 5.41) is 13.2. The SMILES string of the molecule is Cc1ccccc1C(O)CNC(C)c1cccc(F)c1F. The van der Waals surface area contributed by atoms with Gasteiger partial charge in [-0.05, 0) is 31.0 Å². The van der Waals surface area contributed by atoms with E-state index >= 15 is 0 Å². The van der Waals surface area contributed by atoms with E-state index in [1.807, 2.05) is 31.2 Å². The van der Waals surface area contributed by atoms with Gasteiger partial charge in [-0.15, -0.1) is 0 Å². The second-order valence-electron chi connectivity index (χ2n) is 5.15. The number of hydrogen-bond donors (Lipinski definition) is 2. The van der Waals surface area contributed by atoms with Crippen molar-refractivity contribution < 1.29 is 13.9 Å². The zero-order valence-electron chi connectivity index (χ0n) is 12.1. The molecule has 2 unspecified atom stereocenters. The number of hydrogen-bond acceptors (Lipinski definition) is 2. The first-order chi connectivity index (χ1) is 10.0. The summed E-state index contributed by atoms with van der Waals surface area (Å²) in [5.41, 5.74) is 2.08. The zero-order valence-corrected chi connectivity index (χ0v) is 12.1. The van der Waals surface area contributed by atoms with Gasteiger partial charge < -0.3 is 10.4 Å². The molecule has 2 aromatic carbocycles. The molecule has 0 radical (unpaired) electrons. The third-order valence-corrected chi connectivity index (χ3v) is 3.61. The highest BCUT2D eigenvalue weighted by atomic mass is 19.2. The number of aliphatic hydroxyl groups is 1. The second-order valence-corrected chi connectivity index (χ2v) is 5.15. The van der Waals surface area contributed by atoms with Crippen LogP contribution in [0, 0.1) is 18.6 Å². The molecule has 112 valence electrons. The summed E-state index contributed by atoms with van der Waals surface area (Å²) in [4.78, 5) is 0. The van der Waals surface area contributed by atoms with E-state index in [9.17, 15) is 13.9 Å². The van der Waals surface area contributed by atoms with Crippen LogP contribution in [0.5, 0.6) is 0 Å². The van der Waals surface area contributed by atoms with Crippen molar-refractivity contribution in [2.75, 3.05) is 6.54 Å². The van der Waals surface area contributed by atoms with Crippen molar-refractivity contribution >= 4 is 0 Å². The third-order valence-electron chi connectivity index (χ3n) is 3.61. The minimum absolute atomic E-state index is 0.256. The van der Waals surface area contributed by atoms with Gasteiger partial charge in [0.25, 0.3) is 0 Å². The first-order valence-corrected chi connectivity index (χ1v) is 6.91. The summed E-state index contributed by atoms with van der Waals surface area (Å²) >= 11 is 0. The van der Waals surface area contributed by atoms with E-state index in [0.717, 1.165) is 17.2 Å². The molecule has 0 saturated heterocycles. The predicted octanol–water partition coefficient (Wildman–Crippen LogP) is 3.66. The standard InChI is InChI=1S/C17H19F2NO/c1-11-6-3-4-7-13(11)16(21)10-20-12(2)14-8-5-9-15(18)17(14)19/h3-9,12,16,20-21H,10H2,1-2H3. The van der Waals surface area contributed by atoms with Crippen molar-refractivity contribution in [3.8, 4) is 0 Å². The fraction of sp³-hybridized carbons (Fsp3) is 0.294. The van der Waals surface area contributed by atoms with Crippen molar-refractivity contribution in [1.29, 1.82) is 0 Å². The van der Waals surface area contributed by atoms with Gasteiger partial charge >= 0.3 is 0 Å². The van der Waals surface area contributed by atoms with Crippen LogP contribution in [0.2, 0.25) is 0 Å². The molecule has 0 heterocycles. The molecule has 2 rings (SSSR count). The van der Waals surface area contributed by atoms with Crippen LogP contribution in [0.3, 0.4) is 0 Å². The lowest BCUT2D eigenvalue weighted by Gasteiger charge is -2.19. The molecule has 2 atom stereocenters. The fourth-order valence-corrected chi connectivity index (χ4v) is 2.32. The Labute approximate surface area is 123 Å². The molecule has 2 nitrogen and oxygen atoms in total. The lowest BCUT2D eigenvalue weighted by Crippen LogP contribution is -2.25. The highest BCUT2D eigenvalue weighted by Gasteiger charge is 2.16. The molecule has 4 heteroatoms. The van der Waals surface area contributed by atoms with E-state index < -0.39 is 17.7 Å². The zero-order chi connectivity index (χ0) is 15.4. The number of rotatable bonds is 5. The lowest BCUT2D eigenvalue weighted by atomic mass is 10.0. The third kappa shape index (κ3) is 3.65. The van der Waals surface area contributed by atoms with Gasteiger partial charge in [0.15, 0.2) is 11.6 Å². The number of aliphatic hydroxyl groups excluding tert-OH is 1. The molecular formula is C17H19F2NO. The largest absolute Gasteiger partial charge is 0.387 e. The maximum atomic E-state index is 13.7. The summed E-state index contributed by atoms with van der Waals surface area (Å²) in [6, 6.07) is 11.3. The summed E-state index contributed by atoms with van der Waals surface area (Å²) in [6.45, 7) is 3.93. The van der Waals surface area contributed by atoms with Crippen molar-refractivity contribution in [3.63, 3.8) is 0 Å². The van der Waals surface area contributed by atoms with E-state index in [1.165, 1.54) is 12.1 Å². The Bertz CT molecular complexity index is 615. The Hall–Kier alpha value is -1.78. The number of halogens is 2. The normalized spacial score (nSPS) is 14.0. The molecule has 2 N–H and O–H groups in total. The molecule has 0 aliphatic heterocycles. The lowest BCUT2D eigenvalue weighted by molar-refractivity contribution is 0.170. The number of benzene rings is 2. The minimum atomic E-state index is -0.861. The second kappa shape index (κ2) is 6.78. The molecule has 0 bridgehead atoms. The van der Waals surface area contributed by atoms with E-state index in [-0.39, 0.29) is 18.2 Å². The minimum Gasteiger partial charge on any atom is -0.387 e. The van der Waals surface area contributed by atoms with Crippen molar-refractivity contribution in [3.05, 3.63) is 70.8 Å². The molecule has 2 aromatic rings. The first kappa shape index (κ1) is 15.6. The van der Waals surface area contributed by atoms with Gasteiger partial charge in [0, 0.05) is 18.2 Å². The molecule has 0 aliphatic carbocycles. The van der Waals surface area contributed by atoms with Crippen LogP contribution in [-0.2, 0) is 0 Å². The molecule has 0 saturated carbocycles. The number of aryl methyl sites for hydroxylation is 1. The average Bonchev–Trinajstić information content (AvgIpc) is 2.47. The van der Waals surface area contributed by atoms with Gasteiger partial charge in [-0.2, -0.15) is 0 Å². The molecule has 0 fully saturated rings. The van der Waals surface area contributed by atoms with Crippen LogP contribution in [0.15, 0.2) is 42.5 Å². The van der Waals surface area contributed by atoms with Crippen molar-refractivity contribution in [2.24, 2.45) is 0 Å². The highest BCUT2D eigenvalue weighted by Crippen LogP contribution is 2.21. The van der Waals surface area contributed by atoms with Gasteiger partial charge in [-0.25, -0.2) is 8.78 Å². The fourth-order valence-electron chi connectivity index (χ4n) is 2.32. The van der Waals surface area contributed by atoms with E-state index in [1.54, 1.807) is 6.92 Å². The van der Waals surface area contributed by atoms with Crippen molar-refractivity contribution in [1.82, 2.24) is 5.32 Å². The van der Waals surface area contributed by atoms with Gasteiger partial charge in [0.2, 0.25) is 0 Å². The Balaban J connectivity index is 2.03. The number of nitrogens with one attached hydrogen (secondary N) is 1. The van der Waals surface area contributed by atoms with Gasteiger partial charge in [-0.3, -0.25) is 0 Å². The summed E-state index contributed by atoms with van der Waals surface area (Å²) in [5.74, 6) is -1.71. The molecule has 0 amide bonds. The summed E-state index contributed by atoms with van der Waals surface area (Å²) < 4.78 is 26.9. The Morgan fingerprint density at radius 2 is 1.71 bits per heavy atom. The van der Waals surface area contributed by atoms with Crippen LogP contribution in [0.4, 0.5) is 8.78 Å². The van der Waals surface area contributed by atoms with E-state index in [4.69, 9.17) is 0 Å². The van der Waals surface area contributed by atoms with E-state index in [2.05, 4.69) is 5.32 Å². The van der Waals surface area contributed by atoms with Crippen molar-refractivity contribution in [2.45, 2.75) is 26.0 Å². The smallest absolute Gasteiger partial charge is 0.163 e. The van der Waals surface area contributed by atoms with Crippen LogP contribution < -0.4 is 5.32 Å². The van der Waals surface area contributed by atoms with Gasteiger partial charge in [-0.1, -0.05) is 36.4 Å². The Morgan fingerprint density at radius 1 is 1.05 bits per heavy atom. The monoisotopic (exact) mass is 291 g/mol. The highest BCUT2D eigenvalue weighted by molar-refractivity contribution is 5.28. The first-order valence-electron chi connectivity index (χ1n) is 6.91. The van der Waals surface area contributed by atoms with Gasteiger partial charge in [0.05, 0.1) is 6.10 Å². The predicted molar refractivity (Wildman–Crippen MR) is 78.9 cm³/mol. The summed E-state index contributed by atoms with van der Waals surface area (Å²) in [6.07, 6.45) is -0.690. The maximum absolute atomic E-state index is 13.7. The maximum Gasteiger partial charge on any atom is 0.163 e. The molecule has 0 aromatic heterocycles. The quantitative estimate of drug-likeness (QED) is 0.881. The summed E-state index contributed by atoms with van der Waals surface area (Å²) in [7, 11) is 0. The topological polar surface area (TPSA) is 32.3 Å². The van der Waals surface area contributed by atoms with Crippen LogP contribution >= 0.6 is 0 Å². The van der Waals surface area contributed by atoms with E-state index in [0.29, 0.717) is 0 Å². The van der Waals surface area contributed by atoms with Crippen LogP contribution in [-0.4, -0.2) is 11.7 Å². The van der Waals surface area contributed by atoms with Crippen LogP contribution in [0.1, 0.15) is 35.8 Å².